The van der Waals surface area contributed by atoms with Crippen LogP contribution in [0.2, 0.25) is 0 Å². The molecule has 0 aliphatic heterocycles. The summed E-state index contributed by atoms with van der Waals surface area (Å²) < 4.78 is 15.9. The summed E-state index contributed by atoms with van der Waals surface area (Å²) in [6, 6.07) is 12.2. The first-order valence-corrected chi connectivity index (χ1v) is 11.0. The van der Waals surface area contributed by atoms with Gasteiger partial charge in [0.1, 0.15) is 11.6 Å². The molecule has 0 saturated carbocycles. The van der Waals surface area contributed by atoms with Crippen LogP contribution in [0.1, 0.15) is 33.5 Å². The maximum Gasteiger partial charge on any atom is 0.344 e. The van der Waals surface area contributed by atoms with Crippen molar-refractivity contribution in [3.8, 4) is 11.5 Å². The summed E-state index contributed by atoms with van der Waals surface area (Å²) in [6.07, 6.45) is 0.131. The standard InChI is InChI=1S/C24H24N2O6S/c1-15-6-4-5-7-19(15)26-22(28)11-23-25-18(14-33-23)12-32-24(29)13-31-20-9-8-17(16(2)27)10-21(20)30-3/h4-10,14H,11-13H2,1-3H3,(H,26,28). The molecule has 1 aromatic heterocycles. The third-order valence-electron chi connectivity index (χ3n) is 4.63. The van der Waals surface area contributed by atoms with Gasteiger partial charge >= 0.3 is 5.97 Å². The SMILES string of the molecule is COc1cc(C(C)=O)ccc1OCC(=O)OCc1csc(CC(=O)Nc2ccccc2C)n1. The smallest absolute Gasteiger partial charge is 0.344 e. The molecule has 0 bridgehead atoms. The summed E-state index contributed by atoms with van der Waals surface area (Å²) >= 11 is 1.32. The molecule has 0 aliphatic carbocycles. The van der Waals surface area contributed by atoms with E-state index in [9.17, 15) is 14.4 Å². The van der Waals surface area contributed by atoms with Crippen LogP contribution < -0.4 is 14.8 Å². The number of carbonyl (C=O) groups excluding carboxylic acids is 3. The van der Waals surface area contributed by atoms with Crippen LogP contribution in [0.25, 0.3) is 0 Å². The molecule has 0 unspecified atom stereocenters. The molecule has 172 valence electrons. The van der Waals surface area contributed by atoms with E-state index in [0.29, 0.717) is 27.8 Å². The number of rotatable bonds is 10. The third-order valence-corrected chi connectivity index (χ3v) is 5.52. The predicted octanol–water partition coefficient (Wildman–Crippen LogP) is 3.97. The fraction of sp³-hybridized carbons (Fsp3) is 0.250. The predicted molar refractivity (Wildman–Crippen MR) is 124 cm³/mol. The van der Waals surface area contributed by atoms with E-state index in [2.05, 4.69) is 10.3 Å². The molecule has 3 aromatic rings. The van der Waals surface area contributed by atoms with Crippen LogP contribution in [-0.2, 0) is 27.4 Å². The number of ether oxygens (including phenoxy) is 3. The number of esters is 1. The zero-order valence-electron chi connectivity index (χ0n) is 18.5. The Morgan fingerprint density at radius 3 is 2.61 bits per heavy atom. The van der Waals surface area contributed by atoms with E-state index >= 15 is 0 Å². The molecule has 0 radical (unpaired) electrons. The molecule has 0 spiro atoms. The summed E-state index contributed by atoms with van der Waals surface area (Å²) in [5, 5.41) is 5.23. The Hall–Kier alpha value is -3.72. The number of nitrogens with one attached hydrogen (secondary N) is 1. The Morgan fingerprint density at radius 2 is 1.88 bits per heavy atom. The number of aryl methyl sites for hydroxylation is 1. The molecule has 3 rings (SSSR count). The van der Waals surface area contributed by atoms with E-state index in [1.807, 2.05) is 31.2 Å². The second-order valence-electron chi connectivity index (χ2n) is 7.14. The van der Waals surface area contributed by atoms with Gasteiger partial charge in [0.15, 0.2) is 23.9 Å². The van der Waals surface area contributed by atoms with Gasteiger partial charge in [-0.2, -0.15) is 0 Å². The molecule has 0 aliphatic rings. The van der Waals surface area contributed by atoms with Gasteiger partial charge in [-0.15, -0.1) is 11.3 Å². The minimum atomic E-state index is -0.584. The zero-order valence-corrected chi connectivity index (χ0v) is 19.4. The van der Waals surface area contributed by atoms with Gasteiger partial charge in [0, 0.05) is 16.6 Å². The quantitative estimate of drug-likeness (QED) is 0.355. The van der Waals surface area contributed by atoms with Crippen LogP contribution in [0.5, 0.6) is 11.5 Å². The highest BCUT2D eigenvalue weighted by Gasteiger charge is 2.13. The molecule has 1 heterocycles. The van der Waals surface area contributed by atoms with Crippen molar-refractivity contribution >= 4 is 34.7 Å². The van der Waals surface area contributed by atoms with Crippen molar-refractivity contribution < 1.29 is 28.6 Å². The normalized spacial score (nSPS) is 10.4. The number of methoxy groups -OCH3 is 1. The average Bonchev–Trinajstić information content (AvgIpc) is 3.24. The molecule has 1 N–H and O–H groups in total. The Bertz CT molecular complexity index is 1160. The summed E-state index contributed by atoms with van der Waals surface area (Å²) in [5.74, 6) is -0.173. The van der Waals surface area contributed by atoms with Gasteiger partial charge in [0.05, 0.1) is 19.2 Å². The number of ketones is 1. The van der Waals surface area contributed by atoms with E-state index in [1.165, 1.54) is 25.4 Å². The lowest BCUT2D eigenvalue weighted by Gasteiger charge is -2.11. The number of hydrogen-bond donors (Lipinski definition) is 1. The summed E-state index contributed by atoms with van der Waals surface area (Å²) in [7, 11) is 1.45. The number of hydrogen-bond acceptors (Lipinski definition) is 8. The number of amides is 1. The molecular weight excluding hydrogens is 444 g/mol. The van der Waals surface area contributed by atoms with E-state index in [0.717, 1.165) is 11.3 Å². The molecule has 9 heteroatoms. The number of Topliss-reactive ketones (excluding diaryl/α,β-unsaturated/α-hetero) is 1. The summed E-state index contributed by atoms with van der Waals surface area (Å²) in [5.41, 5.74) is 2.78. The average molecular weight is 469 g/mol. The number of para-hydroxylation sites is 1. The highest BCUT2D eigenvalue weighted by atomic mass is 32.1. The third kappa shape index (κ3) is 6.88. The van der Waals surface area contributed by atoms with Gasteiger partial charge < -0.3 is 19.5 Å². The molecule has 0 atom stereocenters. The van der Waals surface area contributed by atoms with Crippen molar-refractivity contribution in [2.24, 2.45) is 0 Å². The first-order chi connectivity index (χ1) is 15.9. The number of nitrogens with zero attached hydrogens (tertiary/aromatic N) is 1. The van der Waals surface area contributed by atoms with E-state index in [-0.39, 0.29) is 31.3 Å². The van der Waals surface area contributed by atoms with Crippen LogP contribution in [-0.4, -0.2) is 36.4 Å². The van der Waals surface area contributed by atoms with Crippen LogP contribution in [0.4, 0.5) is 5.69 Å². The molecule has 8 nitrogen and oxygen atoms in total. The molecule has 0 fully saturated rings. The molecular formula is C24H24N2O6S. The van der Waals surface area contributed by atoms with Crippen molar-refractivity contribution in [2.45, 2.75) is 26.9 Å². The van der Waals surface area contributed by atoms with Crippen molar-refractivity contribution in [1.29, 1.82) is 0 Å². The second kappa shape index (κ2) is 11.2. The van der Waals surface area contributed by atoms with E-state index < -0.39 is 5.97 Å². The van der Waals surface area contributed by atoms with E-state index in [4.69, 9.17) is 14.2 Å². The zero-order chi connectivity index (χ0) is 23.8. The first-order valence-electron chi connectivity index (χ1n) is 10.1. The van der Waals surface area contributed by atoms with Crippen LogP contribution in [0, 0.1) is 6.92 Å². The molecule has 0 saturated heterocycles. The maximum absolute atomic E-state index is 12.3. The molecule has 33 heavy (non-hydrogen) atoms. The Morgan fingerprint density at radius 1 is 1.09 bits per heavy atom. The first kappa shape index (κ1) is 23.9. The van der Waals surface area contributed by atoms with Gasteiger partial charge in [0.2, 0.25) is 5.91 Å². The summed E-state index contributed by atoms with van der Waals surface area (Å²) in [6.45, 7) is 3.02. The Labute approximate surface area is 195 Å². The fourth-order valence-corrected chi connectivity index (χ4v) is 3.66. The highest BCUT2D eigenvalue weighted by molar-refractivity contribution is 7.09. The number of anilines is 1. The topological polar surface area (TPSA) is 104 Å². The summed E-state index contributed by atoms with van der Waals surface area (Å²) in [4.78, 5) is 40.1. The minimum absolute atomic E-state index is 0.0293. The van der Waals surface area contributed by atoms with Crippen molar-refractivity contribution in [3.63, 3.8) is 0 Å². The highest BCUT2D eigenvalue weighted by Crippen LogP contribution is 2.28. The van der Waals surface area contributed by atoms with Crippen molar-refractivity contribution in [3.05, 3.63) is 69.7 Å². The minimum Gasteiger partial charge on any atom is -0.493 e. The van der Waals surface area contributed by atoms with E-state index in [1.54, 1.807) is 23.6 Å². The van der Waals surface area contributed by atoms with Gasteiger partial charge in [-0.3, -0.25) is 9.59 Å². The van der Waals surface area contributed by atoms with Crippen molar-refractivity contribution in [2.75, 3.05) is 19.0 Å². The second-order valence-corrected chi connectivity index (χ2v) is 8.09. The van der Waals surface area contributed by atoms with Gasteiger partial charge in [-0.25, -0.2) is 9.78 Å². The van der Waals surface area contributed by atoms with Crippen LogP contribution in [0.15, 0.2) is 47.8 Å². The lowest BCUT2D eigenvalue weighted by atomic mass is 10.1. The largest absolute Gasteiger partial charge is 0.493 e. The van der Waals surface area contributed by atoms with Crippen LogP contribution in [0.3, 0.4) is 0 Å². The van der Waals surface area contributed by atoms with Gasteiger partial charge in [0.25, 0.3) is 0 Å². The van der Waals surface area contributed by atoms with Crippen molar-refractivity contribution in [1.82, 2.24) is 4.98 Å². The van der Waals surface area contributed by atoms with Gasteiger partial charge in [-0.05, 0) is 43.7 Å². The number of thiazole rings is 1. The maximum atomic E-state index is 12.3. The van der Waals surface area contributed by atoms with Gasteiger partial charge in [-0.1, -0.05) is 18.2 Å². The lowest BCUT2D eigenvalue weighted by Crippen LogP contribution is -2.16. The molecule has 1 amide bonds. The number of carbonyl (C=O) groups is 3. The fourth-order valence-electron chi connectivity index (χ4n) is 2.88. The number of aromatic nitrogens is 1. The number of benzene rings is 2. The Balaban J connectivity index is 1.46. The Kier molecular flexibility index (Phi) is 8.15. The molecule has 2 aromatic carbocycles. The lowest BCUT2D eigenvalue weighted by molar-refractivity contribution is -0.147. The monoisotopic (exact) mass is 468 g/mol. The van der Waals surface area contributed by atoms with Crippen LogP contribution >= 0.6 is 11.3 Å².